The lowest BCUT2D eigenvalue weighted by Gasteiger charge is -2.17. The van der Waals surface area contributed by atoms with Crippen LogP contribution >= 0.6 is 22.6 Å². The van der Waals surface area contributed by atoms with E-state index in [9.17, 15) is 4.79 Å². The molecule has 2 aliphatic rings. The van der Waals surface area contributed by atoms with Crippen molar-refractivity contribution in [3.63, 3.8) is 0 Å². The van der Waals surface area contributed by atoms with E-state index in [0.29, 0.717) is 17.9 Å². The van der Waals surface area contributed by atoms with Crippen LogP contribution in [0.5, 0.6) is 0 Å². The standard InChI is InChI=1S/C8H12INO/c9-5-6-4-8(11)10-3-1-2-7(6)10/h6-7H,1-5H2/t6-,7-/m1/s1. The van der Waals surface area contributed by atoms with Gasteiger partial charge in [-0.3, -0.25) is 4.79 Å². The van der Waals surface area contributed by atoms with Gasteiger partial charge in [0.2, 0.25) is 5.91 Å². The summed E-state index contributed by atoms with van der Waals surface area (Å²) in [5.41, 5.74) is 0. The van der Waals surface area contributed by atoms with E-state index in [1.807, 2.05) is 0 Å². The number of carbonyl (C=O) groups excluding carboxylic acids is 1. The van der Waals surface area contributed by atoms with Crippen LogP contribution in [-0.2, 0) is 4.79 Å². The Morgan fingerprint density at radius 2 is 2.45 bits per heavy atom. The summed E-state index contributed by atoms with van der Waals surface area (Å²) in [6.07, 6.45) is 3.29. The third-order valence-electron chi connectivity index (χ3n) is 2.80. The number of hydrogen-bond acceptors (Lipinski definition) is 1. The molecule has 0 aromatic rings. The molecular formula is C8H12INO. The van der Waals surface area contributed by atoms with Crippen molar-refractivity contribution < 1.29 is 4.79 Å². The van der Waals surface area contributed by atoms with Gasteiger partial charge in [0, 0.05) is 23.4 Å². The van der Waals surface area contributed by atoms with Crippen molar-refractivity contribution in [1.82, 2.24) is 4.90 Å². The van der Waals surface area contributed by atoms with E-state index >= 15 is 0 Å². The molecule has 2 saturated heterocycles. The molecule has 0 bridgehead atoms. The van der Waals surface area contributed by atoms with Crippen molar-refractivity contribution in [1.29, 1.82) is 0 Å². The van der Waals surface area contributed by atoms with E-state index < -0.39 is 0 Å². The van der Waals surface area contributed by atoms with Gasteiger partial charge in [0.15, 0.2) is 0 Å². The van der Waals surface area contributed by atoms with E-state index in [1.165, 1.54) is 12.8 Å². The first-order valence-electron chi connectivity index (χ1n) is 4.18. The van der Waals surface area contributed by atoms with Gasteiger partial charge in [-0.05, 0) is 18.8 Å². The first-order valence-corrected chi connectivity index (χ1v) is 5.71. The molecule has 0 aliphatic carbocycles. The van der Waals surface area contributed by atoms with Gasteiger partial charge in [-0.25, -0.2) is 0 Å². The molecule has 2 heterocycles. The molecule has 0 aromatic carbocycles. The quantitative estimate of drug-likeness (QED) is 0.519. The maximum absolute atomic E-state index is 11.3. The molecule has 11 heavy (non-hydrogen) atoms. The fraction of sp³-hybridized carbons (Fsp3) is 0.875. The minimum Gasteiger partial charge on any atom is -0.339 e. The number of amides is 1. The SMILES string of the molecule is O=C1C[C@H](CI)[C@H]2CCCN12. The Balaban J connectivity index is 2.13. The van der Waals surface area contributed by atoms with Crippen LogP contribution < -0.4 is 0 Å². The highest BCUT2D eigenvalue weighted by molar-refractivity contribution is 14.1. The third kappa shape index (κ3) is 1.17. The van der Waals surface area contributed by atoms with Gasteiger partial charge in [-0.1, -0.05) is 22.6 Å². The Morgan fingerprint density at radius 1 is 1.64 bits per heavy atom. The predicted octanol–water partition coefficient (Wildman–Crippen LogP) is 1.43. The van der Waals surface area contributed by atoms with Crippen molar-refractivity contribution in [2.24, 2.45) is 5.92 Å². The van der Waals surface area contributed by atoms with Gasteiger partial charge in [0.05, 0.1) is 0 Å². The minimum atomic E-state index is 0.397. The second kappa shape index (κ2) is 2.92. The summed E-state index contributed by atoms with van der Waals surface area (Å²) in [5.74, 6) is 1.06. The normalized spacial score (nSPS) is 36.5. The average molecular weight is 265 g/mol. The summed E-state index contributed by atoms with van der Waals surface area (Å²) >= 11 is 2.40. The lowest BCUT2D eigenvalue weighted by atomic mass is 10.0. The van der Waals surface area contributed by atoms with E-state index in [2.05, 4.69) is 27.5 Å². The zero-order valence-corrected chi connectivity index (χ0v) is 8.58. The zero-order valence-electron chi connectivity index (χ0n) is 6.42. The van der Waals surface area contributed by atoms with Crippen molar-refractivity contribution in [2.75, 3.05) is 11.0 Å². The fourth-order valence-electron chi connectivity index (χ4n) is 2.23. The second-order valence-electron chi connectivity index (χ2n) is 3.42. The molecule has 2 fully saturated rings. The maximum Gasteiger partial charge on any atom is 0.223 e. The van der Waals surface area contributed by atoms with Crippen molar-refractivity contribution in [3.8, 4) is 0 Å². The van der Waals surface area contributed by atoms with Gasteiger partial charge in [0.1, 0.15) is 0 Å². The number of nitrogens with zero attached hydrogens (tertiary/aromatic N) is 1. The summed E-state index contributed by atoms with van der Waals surface area (Å²) in [6.45, 7) is 1.02. The van der Waals surface area contributed by atoms with E-state index in [1.54, 1.807) is 0 Å². The molecular weight excluding hydrogens is 253 g/mol. The number of alkyl halides is 1. The minimum absolute atomic E-state index is 0.397. The Bertz CT molecular complexity index is 183. The molecule has 0 unspecified atom stereocenters. The summed E-state index contributed by atoms with van der Waals surface area (Å²) in [4.78, 5) is 13.4. The van der Waals surface area contributed by atoms with Gasteiger partial charge in [-0.2, -0.15) is 0 Å². The fourth-order valence-corrected chi connectivity index (χ4v) is 3.13. The molecule has 0 aromatic heterocycles. The Hall–Kier alpha value is 0.200. The summed E-state index contributed by atoms with van der Waals surface area (Å²) in [6, 6.07) is 0.611. The lowest BCUT2D eigenvalue weighted by Crippen LogP contribution is -2.29. The van der Waals surface area contributed by atoms with E-state index in [0.717, 1.165) is 17.4 Å². The lowest BCUT2D eigenvalue weighted by molar-refractivity contribution is -0.127. The number of halogens is 1. The van der Waals surface area contributed by atoms with E-state index in [-0.39, 0.29) is 0 Å². The average Bonchev–Trinajstić information content (AvgIpc) is 2.54. The van der Waals surface area contributed by atoms with E-state index in [4.69, 9.17) is 0 Å². The zero-order chi connectivity index (χ0) is 7.84. The van der Waals surface area contributed by atoms with Crippen LogP contribution in [0, 0.1) is 5.92 Å². The first kappa shape index (κ1) is 7.83. The smallest absolute Gasteiger partial charge is 0.223 e. The summed E-state index contributed by atoms with van der Waals surface area (Å²) < 4.78 is 1.14. The molecule has 0 N–H and O–H groups in total. The largest absolute Gasteiger partial charge is 0.339 e. The molecule has 3 heteroatoms. The molecule has 1 amide bonds. The van der Waals surface area contributed by atoms with Crippen molar-refractivity contribution >= 4 is 28.5 Å². The van der Waals surface area contributed by atoms with Crippen LogP contribution in [0.25, 0.3) is 0 Å². The van der Waals surface area contributed by atoms with Crippen LogP contribution in [0.2, 0.25) is 0 Å². The molecule has 2 aliphatic heterocycles. The van der Waals surface area contributed by atoms with Crippen molar-refractivity contribution in [2.45, 2.75) is 25.3 Å². The maximum atomic E-state index is 11.3. The Kier molecular flexibility index (Phi) is 2.08. The van der Waals surface area contributed by atoms with Crippen molar-refractivity contribution in [3.05, 3.63) is 0 Å². The monoisotopic (exact) mass is 265 g/mol. The molecule has 2 nitrogen and oxygen atoms in total. The molecule has 62 valence electrons. The molecule has 0 radical (unpaired) electrons. The Morgan fingerprint density at radius 3 is 3.18 bits per heavy atom. The highest BCUT2D eigenvalue weighted by atomic mass is 127. The van der Waals surface area contributed by atoms with Crippen LogP contribution in [0.1, 0.15) is 19.3 Å². The predicted molar refractivity (Wildman–Crippen MR) is 51.7 cm³/mol. The first-order chi connectivity index (χ1) is 5.33. The summed E-state index contributed by atoms with van der Waals surface area (Å²) in [5, 5.41) is 0. The van der Waals surface area contributed by atoms with Gasteiger partial charge in [-0.15, -0.1) is 0 Å². The van der Waals surface area contributed by atoms with Gasteiger partial charge in [0.25, 0.3) is 0 Å². The number of fused-ring (bicyclic) bond motifs is 1. The molecule has 2 rings (SSSR count). The van der Waals surface area contributed by atoms with Crippen LogP contribution in [0.15, 0.2) is 0 Å². The second-order valence-corrected chi connectivity index (χ2v) is 4.30. The molecule has 0 spiro atoms. The highest BCUT2D eigenvalue weighted by Crippen LogP contribution is 2.34. The third-order valence-corrected chi connectivity index (χ3v) is 3.93. The summed E-state index contributed by atoms with van der Waals surface area (Å²) in [7, 11) is 0. The molecule has 2 atom stereocenters. The molecule has 0 saturated carbocycles. The number of carbonyl (C=O) groups is 1. The van der Waals surface area contributed by atoms with Crippen LogP contribution in [-0.4, -0.2) is 27.8 Å². The van der Waals surface area contributed by atoms with Gasteiger partial charge < -0.3 is 4.90 Å². The van der Waals surface area contributed by atoms with Gasteiger partial charge >= 0.3 is 0 Å². The number of hydrogen-bond donors (Lipinski definition) is 0. The highest BCUT2D eigenvalue weighted by Gasteiger charge is 2.41. The van der Waals surface area contributed by atoms with Crippen LogP contribution in [0.4, 0.5) is 0 Å². The Labute approximate surface area is 80.5 Å². The number of rotatable bonds is 1. The van der Waals surface area contributed by atoms with Crippen LogP contribution in [0.3, 0.4) is 0 Å². The topological polar surface area (TPSA) is 20.3 Å².